The maximum Gasteiger partial charge on any atom is 0.154 e. The standard InChI is InChI=1S/C20H12O2/c1-11-16(10-21)19-14-6-2-4-12-8-9-13-5-3-7-15(20(19)22-11)18(13)17(12)14/h2-10H,1H3. The molecule has 0 saturated carbocycles. The molecule has 1 aromatic heterocycles. The molecule has 1 heterocycles. The second kappa shape index (κ2) is 3.86. The van der Waals surface area contributed by atoms with Crippen molar-refractivity contribution in [3.63, 3.8) is 0 Å². The third kappa shape index (κ3) is 1.23. The maximum absolute atomic E-state index is 11.6. The van der Waals surface area contributed by atoms with Crippen LogP contribution in [0.5, 0.6) is 0 Å². The minimum atomic E-state index is 0.661. The van der Waals surface area contributed by atoms with Gasteiger partial charge in [-0.05, 0) is 28.5 Å². The summed E-state index contributed by atoms with van der Waals surface area (Å²) >= 11 is 0. The van der Waals surface area contributed by atoms with Crippen molar-refractivity contribution in [1.82, 2.24) is 0 Å². The van der Waals surface area contributed by atoms with Crippen LogP contribution in [0.3, 0.4) is 0 Å². The van der Waals surface area contributed by atoms with Gasteiger partial charge in [0.05, 0.1) is 5.56 Å². The van der Waals surface area contributed by atoms with Gasteiger partial charge in [-0.15, -0.1) is 0 Å². The number of benzene rings is 4. The zero-order valence-corrected chi connectivity index (χ0v) is 12.0. The SMILES string of the molecule is Cc1oc2c3cccc4ccc5cccc(c2c1C=O)c5c43. The minimum absolute atomic E-state index is 0.661. The first-order valence-corrected chi connectivity index (χ1v) is 7.33. The molecule has 0 atom stereocenters. The fraction of sp³-hybridized carbons (Fsp3) is 0.0500. The van der Waals surface area contributed by atoms with Crippen molar-refractivity contribution in [2.75, 3.05) is 0 Å². The lowest BCUT2D eigenvalue weighted by molar-refractivity contribution is 0.112. The van der Waals surface area contributed by atoms with Gasteiger partial charge in [-0.1, -0.05) is 48.5 Å². The van der Waals surface area contributed by atoms with E-state index in [1.165, 1.54) is 21.5 Å². The Labute approximate surface area is 126 Å². The third-order valence-electron chi connectivity index (χ3n) is 4.65. The highest BCUT2D eigenvalue weighted by molar-refractivity contribution is 6.34. The summed E-state index contributed by atoms with van der Waals surface area (Å²) in [5, 5.41) is 7.93. The first-order chi connectivity index (χ1) is 10.8. The number of hydrogen-bond acceptors (Lipinski definition) is 2. The Morgan fingerprint density at radius 3 is 2.14 bits per heavy atom. The molecule has 4 aromatic carbocycles. The van der Waals surface area contributed by atoms with Gasteiger partial charge in [-0.25, -0.2) is 0 Å². The van der Waals surface area contributed by atoms with Crippen molar-refractivity contribution in [2.24, 2.45) is 0 Å². The smallest absolute Gasteiger partial charge is 0.154 e. The largest absolute Gasteiger partial charge is 0.460 e. The molecule has 2 heteroatoms. The van der Waals surface area contributed by atoms with E-state index in [1.54, 1.807) is 0 Å². The van der Waals surface area contributed by atoms with Crippen molar-refractivity contribution >= 4 is 49.6 Å². The van der Waals surface area contributed by atoms with E-state index in [0.717, 1.165) is 28.0 Å². The molecule has 0 fully saturated rings. The van der Waals surface area contributed by atoms with Gasteiger partial charge >= 0.3 is 0 Å². The van der Waals surface area contributed by atoms with Gasteiger partial charge in [0.2, 0.25) is 0 Å². The number of aryl methyl sites for hydroxylation is 1. The molecule has 104 valence electrons. The fourth-order valence-electron chi connectivity index (χ4n) is 3.71. The van der Waals surface area contributed by atoms with Crippen LogP contribution < -0.4 is 0 Å². The molecule has 0 aliphatic carbocycles. The number of aldehydes is 1. The van der Waals surface area contributed by atoms with Gasteiger partial charge in [0.15, 0.2) is 6.29 Å². The van der Waals surface area contributed by atoms with Crippen molar-refractivity contribution < 1.29 is 9.21 Å². The van der Waals surface area contributed by atoms with Crippen LogP contribution in [-0.4, -0.2) is 6.29 Å². The summed E-state index contributed by atoms with van der Waals surface area (Å²) < 4.78 is 5.97. The summed E-state index contributed by atoms with van der Waals surface area (Å²) in [4.78, 5) is 11.6. The van der Waals surface area contributed by atoms with Crippen LogP contribution in [-0.2, 0) is 0 Å². The molecule has 22 heavy (non-hydrogen) atoms. The van der Waals surface area contributed by atoms with Crippen LogP contribution in [0.15, 0.2) is 52.9 Å². The lowest BCUT2D eigenvalue weighted by Crippen LogP contribution is -1.86. The fourth-order valence-corrected chi connectivity index (χ4v) is 3.71. The highest BCUT2D eigenvalue weighted by Gasteiger charge is 2.19. The molecule has 0 saturated heterocycles. The molecule has 0 spiro atoms. The predicted octanol–water partition coefficient (Wildman–Crippen LogP) is 5.45. The highest BCUT2D eigenvalue weighted by Crippen LogP contribution is 2.42. The second-order valence-corrected chi connectivity index (χ2v) is 5.77. The van der Waals surface area contributed by atoms with E-state index in [4.69, 9.17) is 4.42 Å². The van der Waals surface area contributed by atoms with Gasteiger partial charge in [-0.2, -0.15) is 0 Å². The van der Waals surface area contributed by atoms with E-state index in [0.29, 0.717) is 11.3 Å². The summed E-state index contributed by atoms with van der Waals surface area (Å²) in [6.45, 7) is 1.85. The minimum Gasteiger partial charge on any atom is -0.460 e. The Bertz CT molecular complexity index is 1190. The Balaban J connectivity index is 2.30. The maximum atomic E-state index is 11.6. The van der Waals surface area contributed by atoms with E-state index in [2.05, 4.69) is 36.4 Å². The number of carbonyl (C=O) groups is 1. The van der Waals surface area contributed by atoms with Crippen molar-refractivity contribution in [3.05, 3.63) is 59.9 Å². The molecule has 5 rings (SSSR count). The zero-order valence-electron chi connectivity index (χ0n) is 12.0. The Morgan fingerprint density at radius 1 is 0.818 bits per heavy atom. The van der Waals surface area contributed by atoms with E-state index >= 15 is 0 Å². The molecule has 0 aliphatic rings. The molecule has 0 amide bonds. The predicted molar refractivity (Wildman–Crippen MR) is 90.0 cm³/mol. The van der Waals surface area contributed by atoms with E-state index in [9.17, 15) is 4.79 Å². The molecule has 2 nitrogen and oxygen atoms in total. The molecule has 0 bridgehead atoms. The summed E-state index contributed by atoms with van der Waals surface area (Å²) in [5.41, 5.74) is 1.48. The third-order valence-corrected chi connectivity index (χ3v) is 4.65. The molecule has 0 N–H and O–H groups in total. The van der Waals surface area contributed by atoms with Crippen LogP contribution in [0.25, 0.3) is 43.3 Å². The number of fused-ring (bicyclic) bond motifs is 3. The van der Waals surface area contributed by atoms with Crippen LogP contribution >= 0.6 is 0 Å². The number of carbonyl (C=O) groups excluding carboxylic acids is 1. The van der Waals surface area contributed by atoms with Gasteiger partial charge in [-0.3, -0.25) is 4.79 Å². The molecule has 0 aliphatic heterocycles. The summed E-state index contributed by atoms with van der Waals surface area (Å²) in [6, 6.07) is 16.8. The van der Waals surface area contributed by atoms with Crippen LogP contribution in [0, 0.1) is 6.92 Å². The summed E-state index contributed by atoms with van der Waals surface area (Å²) in [7, 11) is 0. The number of rotatable bonds is 1. The first kappa shape index (κ1) is 11.8. The number of hydrogen-bond donors (Lipinski definition) is 0. The average Bonchev–Trinajstić information content (AvgIpc) is 2.90. The van der Waals surface area contributed by atoms with Crippen LogP contribution in [0.4, 0.5) is 0 Å². The number of furan rings is 1. The lowest BCUT2D eigenvalue weighted by Gasteiger charge is -2.11. The van der Waals surface area contributed by atoms with E-state index in [1.807, 2.05) is 19.1 Å². The topological polar surface area (TPSA) is 30.2 Å². The molecular weight excluding hydrogens is 272 g/mol. The van der Waals surface area contributed by atoms with Crippen molar-refractivity contribution in [1.29, 1.82) is 0 Å². The van der Waals surface area contributed by atoms with Crippen molar-refractivity contribution in [2.45, 2.75) is 6.92 Å². The zero-order chi connectivity index (χ0) is 14.8. The van der Waals surface area contributed by atoms with Gasteiger partial charge in [0.1, 0.15) is 11.3 Å². The lowest BCUT2D eigenvalue weighted by atomic mass is 9.91. The van der Waals surface area contributed by atoms with E-state index in [-0.39, 0.29) is 0 Å². The van der Waals surface area contributed by atoms with Gasteiger partial charge < -0.3 is 4.42 Å². The monoisotopic (exact) mass is 284 g/mol. The quantitative estimate of drug-likeness (QED) is 0.302. The Hall–Kier alpha value is -2.87. The van der Waals surface area contributed by atoms with Crippen LogP contribution in [0.1, 0.15) is 16.1 Å². The van der Waals surface area contributed by atoms with Gasteiger partial charge in [0.25, 0.3) is 0 Å². The van der Waals surface area contributed by atoms with E-state index < -0.39 is 0 Å². The normalized spacial score (nSPS) is 12.0. The Morgan fingerprint density at radius 2 is 1.45 bits per heavy atom. The molecule has 0 radical (unpaired) electrons. The first-order valence-electron chi connectivity index (χ1n) is 7.33. The second-order valence-electron chi connectivity index (χ2n) is 5.77. The summed E-state index contributed by atoms with van der Waals surface area (Å²) in [5.74, 6) is 0.682. The summed E-state index contributed by atoms with van der Waals surface area (Å²) in [6.07, 6.45) is 0.907. The molecular formula is C20H12O2. The van der Waals surface area contributed by atoms with Crippen molar-refractivity contribution in [3.8, 4) is 0 Å². The highest BCUT2D eigenvalue weighted by atomic mass is 16.3. The Kier molecular flexibility index (Phi) is 2.06. The molecule has 5 aromatic rings. The van der Waals surface area contributed by atoms with Crippen LogP contribution in [0.2, 0.25) is 0 Å². The van der Waals surface area contributed by atoms with Gasteiger partial charge in [0, 0.05) is 16.2 Å². The molecule has 0 unspecified atom stereocenters. The average molecular weight is 284 g/mol.